The SMILES string of the molecule is COc1ccc(C(=O)N2CCCC[C@@H]2c2ncc3c(n2)CCN(C(C)=O)C3)cn1. The minimum Gasteiger partial charge on any atom is -0.481 e. The number of hydrogen-bond donors (Lipinski definition) is 0. The van der Waals surface area contributed by atoms with E-state index in [0.717, 1.165) is 30.5 Å². The van der Waals surface area contributed by atoms with Crippen molar-refractivity contribution < 1.29 is 14.3 Å². The van der Waals surface area contributed by atoms with Crippen LogP contribution in [0.1, 0.15) is 59.7 Å². The highest BCUT2D eigenvalue weighted by atomic mass is 16.5. The number of carbonyl (C=O) groups excluding carboxylic acids is 2. The van der Waals surface area contributed by atoms with E-state index in [4.69, 9.17) is 9.72 Å². The zero-order valence-electron chi connectivity index (χ0n) is 16.8. The van der Waals surface area contributed by atoms with Crippen molar-refractivity contribution in [1.29, 1.82) is 0 Å². The van der Waals surface area contributed by atoms with E-state index in [1.165, 1.54) is 0 Å². The van der Waals surface area contributed by atoms with Gasteiger partial charge in [-0.05, 0) is 25.3 Å². The molecule has 29 heavy (non-hydrogen) atoms. The average Bonchev–Trinajstić information content (AvgIpc) is 2.78. The van der Waals surface area contributed by atoms with E-state index in [1.54, 1.807) is 37.3 Å². The third kappa shape index (κ3) is 3.92. The third-order valence-corrected chi connectivity index (χ3v) is 5.65. The molecule has 0 aliphatic carbocycles. The van der Waals surface area contributed by atoms with E-state index in [2.05, 4.69) is 9.97 Å². The quantitative estimate of drug-likeness (QED) is 0.791. The minimum atomic E-state index is -0.144. The number of ether oxygens (including phenoxy) is 1. The smallest absolute Gasteiger partial charge is 0.256 e. The van der Waals surface area contributed by atoms with E-state index in [9.17, 15) is 9.59 Å². The van der Waals surface area contributed by atoms with Crippen LogP contribution < -0.4 is 4.74 Å². The number of likely N-dealkylation sites (tertiary alicyclic amines) is 1. The predicted molar refractivity (Wildman–Crippen MR) is 105 cm³/mol. The van der Waals surface area contributed by atoms with E-state index >= 15 is 0 Å². The van der Waals surface area contributed by atoms with Gasteiger partial charge in [0.1, 0.15) is 0 Å². The normalized spacial score (nSPS) is 18.9. The molecule has 8 heteroatoms. The van der Waals surface area contributed by atoms with Crippen molar-refractivity contribution in [2.75, 3.05) is 20.2 Å². The summed E-state index contributed by atoms with van der Waals surface area (Å²) in [6, 6.07) is 3.29. The number of aromatic nitrogens is 3. The molecule has 0 unspecified atom stereocenters. The molecule has 0 saturated carbocycles. The lowest BCUT2D eigenvalue weighted by molar-refractivity contribution is -0.129. The summed E-state index contributed by atoms with van der Waals surface area (Å²) >= 11 is 0. The topological polar surface area (TPSA) is 88.5 Å². The molecule has 152 valence electrons. The summed E-state index contributed by atoms with van der Waals surface area (Å²) in [6.07, 6.45) is 6.93. The van der Waals surface area contributed by atoms with Crippen molar-refractivity contribution in [3.8, 4) is 5.88 Å². The first-order chi connectivity index (χ1) is 14.1. The Hall–Kier alpha value is -3.03. The Kier molecular flexibility index (Phi) is 5.42. The molecule has 0 bridgehead atoms. The summed E-state index contributed by atoms with van der Waals surface area (Å²) in [5, 5.41) is 0. The molecule has 0 aromatic carbocycles. The fourth-order valence-corrected chi connectivity index (χ4v) is 4.00. The van der Waals surface area contributed by atoms with Crippen molar-refractivity contribution >= 4 is 11.8 Å². The molecule has 4 rings (SSSR count). The molecule has 0 N–H and O–H groups in total. The van der Waals surface area contributed by atoms with Gasteiger partial charge in [-0.25, -0.2) is 15.0 Å². The second-order valence-electron chi connectivity index (χ2n) is 7.49. The van der Waals surface area contributed by atoms with Gasteiger partial charge in [0, 0.05) is 57.0 Å². The number of hydrogen-bond acceptors (Lipinski definition) is 6. The zero-order chi connectivity index (χ0) is 20.4. The highest BCUT2D eigenvalue weighted by Crippen LogP contribution is 2.31. The van der Waals surface area contributed by atoms with Gasteiger partial charge in [0.15, 0.2) is 5.82 Å². The van der Waals surface area contributed by atoms with Gasteiger partial charge in [-0.2, -0.15) is 0 Å². The van der Waals surface area contributed by atoms with E-state index in [-0.39, 0.29) is 17.9 Å². The Morgan fingerprint density at radius 2 is 2.00 bits per heavy atom. The molecule has 0 spiro atoms. The van der Waals surface area contributed by atoms with Gasteiger partial charge in [0.25, 0.3) is 5.91 Å². The first kappa shape index (κ1) is 19.3. The standard InChI is InChI=1S/C21H25N5O3/c1-14(27)25-10-8-17-16(13-25)12-23-20(24-17)18-5-3-4-9-26(18)21(28)15-6-7-19(29-2)22-11-15/h6-7,11-12,18H,3-5,8-10,13H2,1-2H3/t18-/m1/s1. The number of piperidine rings is 1. The average molecular weight is 395 g/mol. The molecule has 2 aliphatic heterocycles. The van der Waals surface area contributed by atoms with Crippen molar-refractivity contribution in [2.24, 2.45) is 0 Å². The zero-order valence-corrected chi connectivity index (χ0v) is 16.8. The van der Waals surface area contributed by atoms with Crippen LogP contribution in [0, 0.1) is 0 Å². The number of nitrogens with zero attached hydrogens (tertiary/aromatic N) is 5. The number of fused-ring (bicyclic) bond motifs is 1. The Morgan fingerprint density at radius 1 is 1.14 bits per heavy atom. The number of rotatable bonds is 3. The number of methoxy groups -OCH3 is 1. The first-order valence-corrected chi connectivity index (χ1v) is 9.98. The second-order valence-corrected chi connectivity index (χ2v) is 7.49. The lowest BCUT2D eigenvalue weighted by Crippen LogP contribution is -2.40. The number of carbonyl (C=O) groups is 2. The predicted octanol–water partition coefficient (Wildman–Crippen LogP) is 2.15. The first-order valence-electron chi connectivity index (χ1n) is 9.98. The van der Waals surface area contributed by atoms with Gasteiger partial charge in [0.05, 0.1) is 24.4 Å². The molecule has 2 aliphatic rings. The van der Waals surface area contributed by atoms with Crippen LogP contribution in [0.4, 0.5) is 0 Å². The molecule has 2 aromatic rings. The summed E-state index contributed by atoms with van der Waals surface area (Å²) < 4.78 is 5.08. The molecule has 1 atom stereocenters. The Bertz CT molecular complexity index is 915. The van der Waals surface area contributed by atoms with Crippen LogP contribution in [0.5, 0.6) is 5.88 Å². The van der Waals surface area contributed by atoms with E-state index in [0.29, 0.717) is 43.3 Å². The van der Waals surface area contributed by atoms with Crippen LogP contribution in [0.2, 0.25) is 0 Å². The van der Waals surface area contributed by atoms with Crippen LogP contribution in [-0.4, -0.2) is 56.8 Å². The highest BCUT2D eigenvalue weighted by Gasteiger charge is 2.32. The largest absolute Gasteiger partial charge is 0.481 e. The highest BCUT2D eigenvalue weighted by molar-refractivity contribution is 5.94. The monoisotopic (exact) mass is 395 g/mol. The van der Waals surface area contributed by atoms with Crippen LogP contribution in [-0.2, 0) is 17.8 Å². The summed E-state index contributed by atoms with van der Waals surface area (Å²) in [5.74, 6) is 1.18. The molecule has 2 amide bonds. The van der Waals surface area contributed by atoms with Crippen molar-refractivity contribution in [3.63, 3.8) is 0 Å². The number of pyridine rings is 1. The van der Waals surface area contributed by atoms with Crippen LogP contribution in [0.25, 0.3) is 0 Å². The summed E-state index contributed by atoms with van der Waals surface area (Å²) in [4.78, 5) is 42.0. The molecule has 8 nitrogen and oxygen atoms in total. The lowest BCUT2D eigenvalue weighted by Gasteiger charge is -2.35. The maximum atomic E-state index is 13.1. The molecule has 4 heterocycles. The third-order valence-electron chi connectivity index (χ3n) is 5.65. The minimum absolute atomic E-state index is 0.0612. The van der Waals surface area contributed by atoms with Gasteiger partial charge in [-0.1, -0.05) is 0 Å². The van der Waals surface area contributed by atoms with Crippen molar-refractivity contribution in [2.45, 2.75) is 45.2 Å². The molecular weight excluding hydrogens is 370 g/mol. The maximum Gasteiger partial charge on any atom is 0.256 e. The Labute approximate surface area is 169 Å². The lowest BCUT2D eigenvalue weighted by atomic mass is 9.99. The van der Waals surface area contributed by atoms with Crippen molar-refractivity contribution in [3.05, 3.63) is 47.2 Å². The molecule has 1 saturated heterocycles. The van der Waals surface area contributed by atoms with Gasteiger partial charge < -0.3 is 14.5 Å². The molecular formula is C21H25N5O3. The summed E-state index contributed by atoms with van der Waals surface area (Å²) in [6.45, 7) is 3.48. The van der Waals surface area contributed by atoms with E-state index in [1.807, 2.05) is 11.1 Å². The van der Waals surface area contributed by atoms with Gasteiger partial charge in [0.2, 0.25) is 11.8 Å². The second kappa shape index (κ2) is 8.14. The van der Waals surface area contributed by atoms with Crippen molar-refractivity contribution in [1.82, 2.24) is 24.8 Å². The van der Waals surface area contributed by atoms with Gasteiger partial charge in [-0.3, -0.25) is 9.59 Å². The van der Waals surface area contributed by atoms with Crippen LogP contribution >= 0.6 is 0 Å². The van der Waals surface area contributed by atoms with Crippen LogP contribution in [0.3, 0.4) is 0 Å². The number of amides is 2. The summed E-state index contributed by atoms with van der Waals surface area (Å²) in [7, 11) is 1.55. The van der Waals surface area contributed by atoms with Gasteiger partial charge in [-0.15, -0.1) is 0 Å². The molecule has 1 fully saturated rings. The van der Waals surface area contributed by atoms with Crippen LogP contribution in [0.15, 0.2) is 24.5 Å². The fraction of sp³-hybridized carbons (Fsp3) is 0.476. The Morgan fingerprint density at radius 3 is 2.72 bits per heavy atom. The van der Waals surface area contributed by atoms with Gasteiger partial charge >= 0.3 is 0 Å². The Balaban J connectivity index is 1.57. The molecule has 2 aromatic heterocycles. The maximum absolute atomic E-state index is 13.1. The fourth-order valence-electron chi connectivity index (χ4n) is 4.00. The summed E-state index contributed by atoms with van der Waals surface area (Å²) in [5.41, 5.74) is 2.51. The molecule has 0 radical (unpaired) electrons. The van der Waals surface area contributed by atoms with E-state index < -0.39 is 0 Å².